The molecule has 0 saturated heterocycles. The highest BCUT2D eigenvalue weighted by molar-refractivity contribution is 5.94. The van der Waals surface area contributed by atoms with E-state index in [9.17, 15) is 9.18 Å². The van der Waals surface area contributed by atoms with Crippen LogP contribution in [0.5, 0.6) is 0 Å². The Kier molecular flexibility index (Phi) is 3.96. The molecule has 110 valence electrons. The molecule has 1 N–H and O–H groups in total. The molecule has 0 atom stereocenters. The molecule has 2 aromatic carbocycles. The van der Waals surface area contributed by atoms with Crippen LogP contribution < -0.4 is 5.32 Å². The van der Waals surface area contributed by atoms with E-state index in [1.165, 1.54) is 6.07 Å². The average molecular weight is 295 g/mol. The molecule has 3 aromatic rings. The number of hydrogen-bond donors (Lipinski definition) is 1. The number of amides is 1. The SMILES string of the molecule is O=C(NCc1ccccc1F)c1cccc(-n2cccn2)c1. The van der Waals surface area contributed by atoms with Crippen LogP contribution >= 0.6 is 0 Å². The van der Waals surface area contributed by atoms with Crippen LogP contribution in [0.1, 0.15) is 15.9 Å². The van der Waals surface area contributed by atoms with Crippen molar-refractivity contribution in [2.24, 2.45) is 0 Å². The maximum Gasteiger partial charge on any atom is 0.251 e. The highest BCUT2D eigenvalue weighted by Gasteiger charge is 2.08. The molecule has 0 saturated carbocycles. The van der Waals surface area contributed by atoms with E-state index in [0.717, 1.165) is 5.69 Å². The van der Waals surface area contributed by atoms with E-state index in [1.807, 2.05) is 12.1 Å². The topological polar surface area (TPSA) is 46.9 Å². The highest BCUT2D eigenvalue weighted by atomic mass is 19.1. The summed E-state index contributed by atoms with van der Waals surface area (Å²) in [6, 6.07) is 15.3. The summed E-state index contributed by atoms with van der Waals surface area (Å²) >= 11 is 0. The first kappa shape index (κ1) is 14.0. The molecule has 0 fully saturated rings. The number of aromatic nitrogens is 2. The zero-order valence-corrected chi connectivity index (χ0v) is 11.7. The predicted octanol–water partition coefficient (Wildman–Crippen LogP) is 2.94. The molecular formula is C17H14FN3O. The van der Waals surface area contributed by atoms with Crippen molar-refractivity contribution < 1.29 is 9.18 Å². The van der Waals surface area contributed by atoms with E-state index in [1.54, 1.807) is 53.5 Å². The maximum atomic E-state index is 13.5. The van der Waals surface area contributed by atoms with E-state index in [0.29, 0.717) is 11.1 Å². The van der Waals surface area contributed by atoms with E-state index in [4.69, 9.17) is 0 Å². The summed E-state index contributed by atoms with van der Waals surface area (Å²) < 4.78 is 15.2. The van der Waals surface area contributed by atoms with E-state index in [2.05, 4.69) is 10.4 Å². The Labute approximate surface area is 127 Å². The number of carbonyl (C=O) groups is 1. The zero-order chi connectivity index (χ0) is 15.4. The maximum absolute atomic E-state index is 13.5. The molecule has 5 heteroatoms. The summed E-state index contributed by atoms with van der Waals surface area (Å²) in [5.74, 6) is -0.578. The van der Waals surface area contributed by atoms with Crippen LogP contribution in [0.3, 0.4) is 0 Å². The molecule has 3 rings (SSSR count). The van der Waals surface area contributed by atoms with Gasteiger partial charge in [-0.2, -0.15) is 5.10 Å². The van der Waals surface area contributed by atoms with Gasteiger partial charge in [0.1, 0.15) is 5.82 Å². The average Bonchev–Trinajstić information content (AvgIpc) is 3.08. The van der Waals surface area contributed by atoms with Crippen LogP contribution in [0.2, 0.25) is 0 Å². The molecule has 22 heavy (non-hydrogen) atoms. The van der Waals surface area contributed by atoms with Gasteiger partial charge >= 0.3 is 0 Å². The van der Waals surface area contributed by atoms with Gasteiger partial charge in [-0.25, -0.2) is 9.07 Å². The lowest BCUT2D eigenvalue weighted by Gasteiger charge is -2.08. The largest absolute Gasteiger partial charge is 0.348 e. The molecule has 0 aliphatic heterocycles. The van der Waals surface area contributed by atoms with E-state index < -0.39 is 0 Å². The third-order valence-electron chi connectivity index (χ3n) is 3.27. The van der Waals surface area contributed by atoms with Crippen LogP contribution in [0.4, 0.5) is 4.39 Å². The van der Waals surface area contributed by atoms with Gasteiger partial charge in [-0.05, 0) is 30.3 Å². The molecule has 1 heterocycles. The van der Waals surface area contributed by atoms with Crippen molar-refractivity contribution in [3.05, 3.63) is 83.9 Å². The molecule has 0 radical (unpaired) electrons. The quantitative estimate of drug-likeness (QED) is 0.804. The minimum Gasteiger partial charge on any atom is -0.348 e. The van der Waals surface area contributed by atoms with Gasteiger partial charge < -0.3 is 5.32 Å². The Hall–Kier alpha value is -2.95. The first-order valence-electron chi connectivity index (χ1n) is 6.86. The Morgan fingerprint density at radius 1 is 1.14 bits per heavy atom. The third kappa shape index (κ3) is 3.03. The van der Waals surface area contributed by atoms with E-state index >= 15 is 0 Å². The molecule has 0 aliphatic rings. The van der Waals surface area contributed by atoms with Crippen molar-refractivity contribution in [1.29, 1.82) is 0 Å². The van der Waals surface area contributed by atoms with Gasteiger partial charge in [0.15, 0.2) is 0 Å². The summed E-state index contributed by atoms with van der Waals surface area (Å²) in [6.45, 7) is 0.150. The minimum absolute atomic E-state index is 0.150. The van der Waals surface area contributed by atoms with E-state index in [-0.39, 0.29) is 18.3 Å². The number of rotatable bonds is 4. The van der Waals surface area contributed by atoms with Crippen molar-refractivity contribution in [2.45, 2.75) is 6.54 Å². The fourth-order valence-corrected chi connectivity index (χ4v) is 2.13. The smallest absolute Gasteiger partial charge is 0.251 e. The van der Waals surface area contributed by atoms with Gasteiger partial charge in [0.2, 0.25) is 0 Å². The molecule has 4 nitrogen and oxygen atoms in total. The summed E-state index contributed by atoms with van der Waals surface area (Å²) in [6.07, 6.45) is 3.47. The lowest BCUT2D eigenvalue weighted by molar-refractivity contribution is 0.0950. The first-order chi connectivity index (χ1) is 10.7. The second-order valence-electron chi connectivity index (χ2n) is 4.78. The minimum atomic E-state index is -0.326. The number of nitrogens with one attached hydrogen (secondary N) is 1. The first-order valence-corrected chi connectivity index (χ1v) is 6.86. The third-order valence-corrected chi connectivity index (χ3v) is 3.27. The summed E-state index contributed by atoms with van der Waals surface area (Å²) in [5, 5.41) is 6.85. The molecule has 0 aliphatic carbocycles. The van der Waals surface area contributed by atoms with Crippen molar-refractivity contribution >= 4 is 5.91 Å². The second kappa shape index (κ2) is 6.22. The van der Waals surface area contributed by atoms with Gasteiger partial charge in [-0.1, -0.05) is 24.3 Å². The van der Waals surface area contributed by atoms with Crippen LogP contribution in [0.25, 0.3) is 5.69 Å². The van der Waals surface area contributed by atoms with Gasteiger partial charge in [0, 0.05) is 30.1 Å². The normalized spacial score (nSPS) is 10.4. The second-order valence-corrected chi connectivity index (χ2v) is 4.78. The van der Waals surface area contributed by atoms with Gasteiger partial charge in [-0.15, -0.1) is 0 Å². The highest BCUT2D eigenvalue weighted by Crippen LogP contribution is 2.10. The number of halogens is 1. The Morgan fingerprint density at radius 3 is 2.77 bits per heavy atom. The van der Waals surface area contributed by atoms with Crippen molar-refractivity contribution in [2.75, 3.05) is 0 Å². The predicted molar refractivity (Wildman–Crippen MR) is 81.1 cm³/mol. The molecule has 0 bridgehead atoms. The van der Waals surface area contributed by atoms with Crippen molar-refractivity contribution in [1.82, 2.24) is 15.1 Å². The summed E-state index contributed by atoms with van der Waals surface area (Å²) in [5.41, 5.74) is 1.76. The number of nitrogens with zero attached hydrogens (tertiary/aromatic N) is 2. The lowest BCUT2D eigenvalue weighted by Crippen LogP contribution is -2.23. The zero-order valence-electron chi connectivity index (χ0n) is 11.7. The number of carbonyl (C=O) groups excluding carboxylic acids is 1. The monoisotopic (exact) mass is 295 g/mol. The van der Waals surface area contributed by atoms with Crippen molar-refractivity contribution in [3.63, 3.8) is 0 Å². The van der Waals surface area contributed by atoms with Crippen LogP contribution in [0.15, 0.2) is 67.0 Å². The summed E-state index contributed by atoms with van der Waals surface area (Å²) in [7, 11) is 0. The number of hydrogen-bond acceptors (Lipinski definition) is 2. The van der Waals surface area contributed by atoms with Crippen molar-refractivity contribution in [3.8, 4) is 5.69 Å². The van der Waals surface area contributed by atoms with Gasteiger partial charge in [-0.3, -0.25) is 4.79 Å². The van der Waals surface area contributed by atoms with Gasteiger partial charge in [0.05, 0.1) is 5.69 Å². The molecule has 1 amide bonds. The number of benzene rings is 2. The molecule has 0 spiro atoms. The fourth-order valence-electron chi connectivity index (χ4n) is 2.13. The van der Waals surface area contributed by atoms with Crippen LogP contribution in [-0.4, -0.2) is 15.7 Å². The fraction of sp³-hybridized carbons (Fsp3) is 0.0588. The molecular weight excluding hydrogens is 281 g/mol. The standard InChI is InChI=1S/C17H14FN3O/c18-16-8-2-1-5-14(16)12-19-17(22)13-6-3-7-15(11-13)21-10-4-9-20-21/h1-11H,12H2,(H,19,22). The molecule has 1 aromatic heterocycles. The Balaban J connectivity index is 1.73. The Bertz CT molecular complexity index is 784. The van der Waals surface area contributed by atoms with Crippen LogP contribution in [-0.2, 0) is 6.54 Å². The molecule has 0 unspecified atom stereocenters. The lowest BCUT2D eigenvalue weighted by atomic mass is 10.1. The Morgan fingerprint density at radius 2 is 2.00 bits per heavy atom. The van der Waals surface area contributed by atoms with Gasteiger partial charge in [0.25, 0.3) is 5.91 Å². The summed E-state index contributed by atoms with van der Waals surface area (Å²) in [4.78, 5) is 12.2. The van der Waals surface area contributed by atoms with Crippen LogP contribution in [0, 0.1) is 5.82 Å².